The molecule has 0 aromatic carbocycles. The number of fused-ring (bicyclic) bond motifs is 1. The summed E-state index contributed by atoms with van der Waals surface area (Å²) in [6.07, 6.45) is 1.59. The summed E-state index contributed by atoms with van der Waals surface area (Å²) in [5.41, 5.74) is 1.08. The number of hydrogen-bond donors (Lipinski definition) is 0. The summed E-state index contributed by atoms with van der Waals surface area (Å²) < 4.78 is 3.28. The smallest absolute Gasteiger partial charge is 0.265 e. The number of nitrogens with zero attached hydrogens (tertiary/aromatic N) is 4. The molecule has 0 saturated carbocycles. The molecule has 2 rings (SSSR count). The molecule has 0 saturated heterocycles. The molecule has 0 N–H and O–H groups in total. The van der Waals surface area contributed by atoms with Gasteiger partial charge in [-0.1, -0.05) is 0 Å². The van der Waals surface area contributed by atoms with Crippen molar-refractivity contribution in [3.8, 4) is 0 Å². The van der Waals surface area contributed by atoms with Gasteiger partial charge in [0.1, 0.15) is 11.7 Å². The Kier molecular flexibility index (Phi) is 2.15. The first kappa shape index (κ1) is 10.9. The molecule has 2 aromatic rings. The lowest BCUT2D eigenvalue weighted by Gasteiger charge is -2.21. The van der Waals surface area contributed by atoms with Crippen LogP contribution in [0.25, 0.3) is 11.0 Å². The Labute approximate surface area is 93.7 Å². The minimum absolute atomic E-state index is 0.0249. The van der Waals surface area contributed by atoms with Crippen LogP contribution in [0.2, 0.25) is 0 Å². The van der Waals surface area contributed by atoms with Crippen molar-refractivity contribution in [1.29, 1.82) is 0 Å². The number of rotatable bonds is 0. The molecule has 0 amide bonds. The van der Waals surface area contributed by atoms with Crippen molar-refractivity contribution in [1.82, 2.24) is 19.3 Å². The molecule has 0 fully saturated rings. The van der Waals surface area contributed by atoms with Crippen LogP contribution < -0.4 is 5.56 Å². The quantitative estimate of drug-likeness (QED) is 0.670. The van der Waals surface area contributed by atoms with E-state index in [-0.39, 0.29) is 11.1 Å². The fourth-order valence-corrected chi connectivity index (χ4v) is 1.81. The van der Waals surface area contributed by atoms with Crippen LogP contribution in [0.4, 0.5) is 0 Å². The zero-order valence-corrected chi connectivity index (χ0v) is 10.3. The maximum atomic E-state index is 12.3. The van der Waals surface area contributed by atoms with E-state index in [9.17, 15) is 4.79 Å². The van der Waals surface area contributed by atoms with Crippen molar-refractivity contribution in [2.24, 2.45) is 7.05 Å². The standard InChI is InChI=1S/C11H16N4O/c1-7-8-9(14(5)13-7)12-6-15(10(8)16)11(2,3)4/h6H,1-5H3. The largest absolute Gasteiger partial charge is 0.293 e. The second-order valence-electron chi connectivity index (χ2n) is 5.00. The van der Waals surface area contributed by atoms with Gasteiger partial charge in [-0.25, -0.2) is 9.67 Å². The molecule has 0 bridgehead atoms. The maximum absolute atomic E-state index is 12.3. The molecule has 2 aromatic heterocycles. The lowest BCUT2D eigenvalue weighted by Crippen LogP contribution is -2.34. The summed E-state index contributed by atoms with van der Waals surface area (Å²) >= 11 is 0. The van der Waals surface area contributed by atoms with E-state index in [1.54, 1.807) is 22.6 Å². The fourth-order valence-electron chi connectivity index (χ4n) is 1.81. The van der Waals surface area contributed by atoms with E-state index in [1.807, 2.05) is 27.7 Å². The minimum atomic E-state index is -0.263. The highest BCUT2D eigenvalue weighted by molar-refractivity contribution is 5.76. The van der Waals surface area contributed by atoms with Gasteiger partial charge >= 0.3 is 0 Å². The van der Waals surface area contributed by atoms with Gasteiger partial charge in [-0.3, -0.25) is 9.36 Å². The summed E-state index contributed by atoms with van der Waals surface area (Å²) in [5.74, 6) is 0. The molecule has 2 heterocycles. The molecule has 0 aliphatic carbocycles. The van der Waals surface area contributed by atoms with Gasteiger partial charge in [-0.2, -0.15) is 5.10 Å². The van der Waals surface area contributed by atoms with Gasteiger partial charge in [0, 0.05) is 12.6 Å². The Hall–Kier alpha value is -1.65. The van der Waals surface area contributed by atoms with E-state index in [2.05, 4.69) is 10.1 Å². The third-order valence-corrected chi connectivity index (χ3v) is 2.64. The number of hydrogen-bond acceptors (Lipinski definition) is 3. The van der Waals surface area contributed by atoms with Crippen LogP contribution in [0, 0.1) is 6.92 Å². The Bertz CT molecular complexity index is 601. The van der Waals surface area contributed by atoms with Gasteiger partial charge in [0.05, 0.1) is 5.69 Å². The van der Waals surface area contributed by atoms with Gasteiger partial charge in [-0.05, 0) is 27.7 Å². The third kappa shape index (κ3) is 1.43. The zero-order valence-electron chi connectivity index (χ0n) is 10.3. The summed E-state index contributed by atoms with van der Waals surface area (Å²) in [6, 6.07) is 0. The normalized spacial score (nSPS) is 12.3. The molecule has 0 radical (unpaired) electrons. The summed E-state index contributed by atoms with van der Waals surface area (Å²) in [4.78, 5) is 16.6. The molecule has 0 aliphatic rings. The Morgan fingerprint density at radius 2 is 1.94 bits per heavy atom. The first-order valence-corrected chi connectivity index (χ1v) is 5.24. The van der Waals surface area contributed by atoms with Crippen LogP contribution in [0.3, 0.4) is 0 Å². The van der Waals surface area contributed by atoms with Crippen molar-refractivity contribution in [3.63, 3.8) is 0 Å². The van der Waals surface area contributed by atoms with Crippen molar-refractivity contribution in [2.45, 2.75) is 33.2 Å². The lowest BCUT2D eigenvalue weighted by atomic mass is 10.1. The predicted molar refractivity (Wildman–Crippen MR) is 62.5 cm³/mol. The Balaban J connectivity index is 2.90. The van der Waals surface area contributed by atoms with Crippen molar-refractivity contribution in [3.05, 3.63) is 22.4 Å². The molecular weight excluding hydrogens is 204 g/mol. The van der Waals surface area contributed by atoms with E-state index in [4.69, 9.17) is 0 Å². The highest BCUT2D eigenvalue weighted by atomic mass is 16.1. The monoisotopic (exact) mass is 220 g/mol. The highest BCUT2D eigenvalue weighted by Gasteiger charge is 2.19. The van der Waals surface area contributed by atoms with Gasteiger partial charge in [0.15, 0.2) is 5.65 Å². The molecule has 0 aliphatic heterocycles. The third-order valence-electron chi connectivity index (χ3n) is 2.64. The van der Waals surface area contributed by atoms with Crippen LogP contribution in [0.15, 0.2) is 11.1 Å². The van der Waals surface area contributed by atoms with Gasteiger partial charge in [-0.15, -0.1) is 0 Å². The van der Waals surface area contributed by atoms with Gasteiger partial charge in [0.2, 0.25) is 0 Å². The second kappa shape index (κ2) is 3.17. The predicted octanol–water partition coefficient (Wildman–Crippen LogP) is 1.19. The zero-order chi connectivity index (χ0) is 12.1. The SMILES string of the molecule is Cc1nn(C)c2ncn(C(C)(C)C)c(=O)c12. The van der Waals surface area contributed by atoms with Crippen molar-refractivity contribution < 1.29 is 0 Å². The van der Waals surface area contributed by atoms with Crippen LogP contribution >= 0.6 is 0 Å². The van der Waals surface area contributed by atoms with E-state index in [1.165, 1.54) is 0 Å². The van der Waals surface area contributed by atoms with Crippen LogP contribution in [-0.4, -0.2) is 19.3 Å². The Morgan fingerprint density at radius 3 is 2.50 bits per heavy atom. The highest BCUT2D eigenvalue weighted by Crippen LogP contribution is 2.14. The fraction of sp³-hybridized carbons (Fsp3) is 0.545. The average molecular weight is 220 g/mol. The number of aromatic nitrogens is 4. The van der Waals surface area contributed by atoms with Crippen LogP contribution in [0.5, 0.6) is 0 Å². The van der Waals surface area contributed by atoms with Crippen molar-refractivity contribution >= 4 is 11.0 Å². The van der Waals surface area contributed by atoms with E-state index >= 15 is 0 Å². The molecule has 0 unspecified atom stereocenters. The summed E-state index contributed by atoms with van der Waals surface area (Å²) in [6.45, 7) is 7.77. The lowest BCUT2D eigenvalue weighted by molar-refractivity contribution is 0.381. The first-order chi connectivity index (χ1) is 7.32. The van der Waals surface area contributed by atoms with E-state index in [0.29, 0.717) is 11.0 Å². The molecular formula is C11H16N4O. The average Bonchev–Trinajstić information content (AvgIpc) is 2.41. The molecule has 16 heavy (non-hydrogen) atoms. The first-order valence-electron chi connectivity index (χ1n) is 5.24. The molecule has 0 spiro atoms. The topological polar surface area (TPSA) is 52.7 Å². The summed E-state index contributed by atoms with van der Waals surface area (Å²) in [7, 11) is 1.79. The molecule has 86 valence electrons. The molecule has 0 atom stereocenters. The minimum Gasteiger partial charge on any atom is -0.293 e. The van der Waals surface area contributed by atoms with Gasteiger partial charge in [0.25, 0.3) is 5.56 Å². The van der Waals surface area contributed by atoms with E-state index in [0.717, 1.165) is 5.69 Å². The Morgan fingerprint density at radius 1 is 1.31 bits per heavy atom. The maximum Gasteiger partial charge on any atom is 0.265 e. The molecule has 5 heteroatoms. The van der Waals surface area contributed by atoms with Gasteiger partial charge < -0.3 is 0 Å². The van der Waals surface area contributed by atoms with Crippen LogP contribution in [0.1, 0.15) is 26.5 Å². The van der Waals surface area contributed by atoms with E-state index < -0.39 is 0 Å². The van der Waals surface area contributed by atoms with Crippen molar-refractivity contribution in [2.75, 3.05) is 0 Å². The van der Waals surface area contributed by atoms with Crippen LogP contribution in [-0.2, 0) is 12.6 Å². The number of aryl methyl sites for hydroxylation is 2. The second-order valence-corrected chi connectivity index (χ2v) is 5.00. The summed E-state index contributed by atoms with van der Waals surface area (Å²) in [5, 5.41) is 4.83. The molecule has 5 nitrogen and oxygen atoms in total.